The van der Waals surface area contributed by atoms with Crippen LogP contribution < -0.4 is 0 Å². The molecule has 2 aromatic carbocycles. The van der Waals surface area contributed by atoms with Crippen LogP contribution in [0, 0.1) is 5.92 Å². The van der Waals surface area contributed by atoms with Crippen molar-refractivity contribution in [3.8, 4) is 0 Å². The highest BCUT2D eigenvalue weighted by Gasteiger charge is 2.25. The normalized spacial score (nSPS) is 19.4. The summed E-state index contributed by atoms with van der Waals surface area (Å²) in [4.78, 5) is 18.9. The number of likely N-dealkylation sites (tertiary alicyclic amines) is 1. The molecule has 0 bridgehead atoms. The number of aliphatic carboxylic acids is 1. The minimum Gasteiger partial charge on any atom is -0.481 e. The predicted molar refractivity (Wildman–Crippen MR) is 121 cm³/mol. The first-order valence-corrected chi connectivity index (χ1v) is 10.5. The number of fused-ring (bicyclic) bond motifs is 2. The van der Waals surface area contributed by atoms with Gasteiger partial charge in [0.25, 0.3) is 0 Å². The van der Waals surface area contributed by atoms with Crippen molar-refractivity contribution in [3.63, 3.8) is 0 Å². The van der Waals surface area contributed by atoms with E-state index in [1.54, 1.807) is 0 Å². The molecule has 5 nitrogen and oxygen atoms in total. The number of benzene rings is 2. The van der Waals surface area contributed by atoms with E-state index in [0.717, 1.165) is 32.2 Å². The van der Waals surface area contributed by atoms with Gasteiger partial charge in [-0.1, -0.05) is 53.7 Å². The van der Waals surface area contributed by atoms with Crippen molar-refractivity contribution in [2.24, 2.45) is 11.1 Å². The summed E-state index contributed by atoms with van der Waals surface area (Å²) in [6.07, 6.45) is 5.69. The number of hydrogen-bond donors (Lipinski definition) is 1. The van der Waals surface area contributed by atoms with Crippen molar-refractivity contribution in [1.82, 2.24) is 4.90 Å². The monoisotopic (exact) mass is 428 g/mol. The lowest BCUT2D eigenvalue weighted by atomic mass is 9.89. The molecule has 4 rings (SSSR count). The minimum absolute atomic E-state index is 0. The Bertz CT molecular complexity index is 839. The molecule has 160 valence electrons. The average Bonchev–Trinajstić information content (AvgIpc) is 2.91. The molecule has 1 aliphatic carbocycles. The Kier molecular flexibility index (Phi) is 7.88. The fourth-order valence-electron chi connectivity index (χ4n) is 4.51. The molecule has 1 N–H and O–H groups in total. The molecule has 6 heteroatoms. The minimum atomic E-state index is -0.695. The second-order valence-corrected chi connectivity index (χ2v) is 7.94. The quantitative estimate of drug-likeness (QED) is 0.426. The third kappa shape index (κ3) is 5.21. The number of halogens is 1. The topological polar surface area (TPSA) is 62.1 Å². The van der Waals surface area contributed by atoms with E-state index in [0.29, 0.717) is 19.7 Å². The summed E-state index contributed by atoms with van der Waals surface area (Å²) in [5, 5.41) is 13.5. The second kappa shape index (κ2) is 10.6. The molecule has 1 atom stereocenters. The van der Waals surface area contributed by atoms with Crippen molar-refractivity contribution < 1.29 is 14.7 Å². The number of aryl methyl sites for hydroxylation is 2. The van der Waals surface area contributed by atoms with Crippen LogP contribution in [0.15, 0.2) is 53.7 Å². The molecule has 1 heterocycles. The Balaban J connectivity index is 0.00000256. The molecule has 2 aromatic rings. The molecule has 0 spiro atoms. The molecule has 0 saturated carbocycles. The highest BCUT2D eigenvalue weighted by molar-refractivity contribution is 5.85. The van der Waals surface area contributed by atoms with Crippen LogP contribution in [-0.2, 0) is 22.5 Å². The molecule has 0 amide bonds. The Labute approximate surface area is 184 Å². The summed E-state index contributed by atoms with van der Waals surface area (Å²) in [6.45, 7) is 2.71. The molecule has 2 aliphatic rings. The molecule has 0 unspecified atom stereocenters. The van der Waals surface area contributed by atoms with Crippen molar-refractivity contribution >= 4 is 24.6 Å². The summed E-state index contributed by atoms with van der Waals surface area (Å²) in [7, 11) is 0. The maximum atomic E-state index is 11.2. The van der Waals surface area contributed by atoms with Crippen LogP contribution in [0.5, 0.6) is 0 Å². The van der Waals surface area contributed by atoms with Crippen LogP contribution in [-0.4, -0.2) is 48.4 Å². The predicted octanol–water partition coefficient (Wildman–Crippen LogP) is 4.14. The summed E-state index contributed by atoms with van der Waals surface area (Å²) in [5.74, 6) is -0.859. The van der Waals surface area contributed by atoms with E-state index < -0.39 is 5.97 Å². The molecule has 0 aromatic heterocycles. The smallest absolute Gasteiger partial charge is 0.307 e. The third-order valence-electron chi connectivity index (χ3n) is 6.08. The first kappa shape index (κ1) is 22.3. The third-order valence-corrected chi connectivity index (χ3v) is 6.08. The van der Waals surface area contributed by atoms with E-state index in [2.05, 4.69) is 58.6 Å². The molecule has 1 aliphatic heterocycles. The Morgan fingerprint density at radius 2 is 1.73 bits per heavy atom. The summed E-state index contributed by atoms with van der Waals surface area (Å²) in [5.41, 5.74) is 5.33. The van der Waals surface area contributed by atoms with Crippen LogP contribution in [0.4, 0.5) is 0 Å². The maximum absolute atomic E-state index is 11.2. The van der Waals surface area contributed by atoms with Crippen LogP contribution in [0.25, 0.3) is 0 Å². The number of oxime groups is 1. The van der Waals surface area contributed by atoms with Crippen LogP contribution >= 0.6 is 12.4 Å². The molecule has 1 saturated heterocycles. The molecule has 30 heavy (non-hydrogen) atoms. The van der Waals surface area contributed by atoms with Gasteiger partial charge in [0.1, 0.15) is 6.61 Å². The van der Waals surface area contributed by atoms with Crippen LogP contribution in [0.3, 0.4) is 0 Å². The van der Waals surface area contributed by atoms with Gasteiger partial charge in [-0.15, -0.1) is 12.4 Å². The van der Waals surface area contributed by atoms with Gasteiger partial charge in [0.15, 0.2) is 0 Å². The number of rotatable bonds is 6. The van der Waals surface area contributed by atoms with E-state index in [1.807, 2.05) is 6.21 Å². The number of carboxylic acids is 1. The van der Waals surface area contributed by atoms with E-state index in [1.165, 1.54) is 22.3 Å². The molecule has 0 radical (unpaired) electrons. The lowest BCUT2D eigenvalue weighted by Crippen LogP contribution is -2.40. The Morgan fingerprint density at radius 1 is 1.10 bits per heavy atom. The van der Waals surface area contributed by atoms with Crippen LogP contribution in [0.1, 0.15) is 41.0 Å². The van der Waals surface area contributed by atoms with Gasteiger partial charge in [0.05, 0.1) is 12.1 Å². The first-order chi connectivity index (χ1) is 14.2. The van der Waals surface area contributed by atoms with Gasteiger partial charge in [-0.2, -0.15) is 0 Å². The number of carboxylic acid groups (broad SMARTS) is 1. The van der Waals surface area contributed by atoms with Gasteiger partial charge in [-0.25, -0.2) is 0 Å². The van der Waals surface area contributed by atoms with Gasteiger partial charge >= 0.3 is 5.97 Å². The summed E-state index contributed by atoms with van der Waals surface area (Å²) >= 11 is 0. The fourth-order valence-corrected chi connectivity index (χ4v) is 4.51. The van der Waals surface area contributed by atoms with Crippen molar-refractivity contribution in [1.29, 1.82) is 0 Å². The molecular formula is C24H29ClN2O3. The van der Waals surface area contributed by atoms with Crippen molar-refractivity contribution in [3.05, 3.63) is 70.8 Å². The van der Waals surface area contributed by atoms with Gasteiger partial charge in [-0.3, -0.25) is 9.69 Å². The van der Waals surface area contributed by atoms with Gasteiger partial charge in [0.2, 0.25) is 0 Å². The zero-order valence-electron chi connectivity index (χ0n) is 17.1. The SMILES string of the molecule is Cl.O=C(O)[C@@H]1CCCN(CCO/N=C/C2c3ccccc3CCc3ccccc32)C1. The largest absolute Gasteiger partial charge is 0.481 e. The first-order valence-electron chi connectivity index (χ1n) is 10.5. The van der Waals surface area contributed by atoms with Gasteiger partial charge in [0, 0.05) is 19.0 Å². The molecule has 1 fully saturated rings. The van der Waals surface area contributed by atoms with E-state index in [-0.39, 0.29) is 24.2 Å². The zero-order valence-corrected chi connectivity index (χ0v) is 17.9. The molecular weight excluding hydrogens is 400 g/mol. The summed E-state index contributed by atoms with van der Waals surface area (Å²) < 4.78 is 0. The van der Waals surface area contributed by atoms with E-state index in [9.17, 15) is 9.90 Å². The highest BCUT2D eigenvalue weighted by atomic mass is 35.5. The van der Waals surface area contributed by atoms with Gasteiger partial charge < -0.3 is 9.94 Å². The average molecular weight is 429 g/mol. The van der Waals surface area contributed by atoms with E-state index >= 15 is 0 Å². The maximum Gasteiger partial charge on any atom is 0.307 e. The summed E-state index contributed by atoms with van der Waals surface area (Å²) in [6, 6.07) is 17.2. The number of carbonyl (C=O) groups is 1. The Hall–Kier alpha value is -2.37. The number of nitrogens with zero attached hydrogens (tertiary/aromatic N) is 2. The lowest BCUT2D eigenvalue weighted by Gasteiger charge is -2.29. The van der Waals surface area contributed by atoms with Crippen molar-refractivity contribution in [2.45, 2.75) is 31.6 Å². The van der Waals surface area contributed by atoms with Gasteiger partial charge in [-0.05, 0) is 54.5 Å². The highest BCUT2D eigenvalue weighted by Crippen LogP contribution is 2.33. The lowest BCUT2D eigenvalue weighted by molar-refractivity contribution is -0.143. The Morgan fingerprint density at radius 3 is 2.37 bits per heavy atom. The zero-order chi connectivity index (χ0) is 20.1. The number of hydrogen-bond acceptors (Lipinski definition) is 4. The second-order valence-electron chi connectivity index (χ2n) is 7.94. The van der Waals surface area contributed by atoms with Crippen molar-refractivity contribution in [2.75, 3.05) is 26.2 Å². The fraction of sp³-hybridized carbons (Fsp3) is 0.417. The number of piperidine rings is 1. The van der Waals surface area contributed by atoms with Crippen LogP contribution in [0.2, 0.25) is 0 Å². The van der Waals surface area contributed by atoms with E-state index in [4.69, 9.17) is 4.84 Å². The standard InChI is InChI=1S/C24H28N2O3.ClH/c27-24(28)20-8-5-13-26(17-20)14-15-29-25-16-23-21-9-3-1-6-18(21)11-12-19-7-2-4-10-22(19)23;/h1-4,6-7,9-10,16,20,23H,5,8,11-15,17H2,(H,27,28);1H/b25-16+;/t20-;/m1./s1.